The molecule has 4 heteroatoms. The van der Waals surface area contributed by atoms with Crippen LogP contribution in [0.15, 0.2) is 78.9 Å². The molecule has 0 bridgehead atoms. The molecule has 1 aliphatic carbocycles. The van der Waals surface area contributed by atoms with Crippen LogP contribution in [-0.2, 0) is 12.8 Å². The van der Waals surface area contributed by atoms with Gasteiger partial charge in [0.25, 0.3) is 0 Å². The maximum atomic E-state index is 10.4. The highest BCUT2D eigenvalue weighted by Gasteiger charge is 2.25. The van der Waals surface area contributed by atoms with Crippen molar-refractivity contribution < 1.29 is 14.6 Å². The van der Waals surface area contributed by atoms with Crippen LogP contribution in [0.25, 0.3) is 0 Å². The molecule has 0 aliphatic heterocycles. The SMILES string of the molecule is COc1ccc2c(c1)CC(NC[C@H](O)COc1ccccc1)CCC2Cc1ccccc1. The van der Waals surface area contributed by atoms with E-state index in [1.807, 2.05) is 30.3 Å². The number of hydrogen-bond acceptors (Lipinski definition) is 4. The number of nitrogens with one attached hydrogen (secondary N) is 1. The first-order chi connectivity index (χ1) is 15.7. The number of aliphatic hydroxyl groups is 1. The van der Waals surface area contributed by atoms with Gasteiger partial charge in [0.05, 0.1) is 7.11 Å². The number of benzene rings is 3. The molecule has 0 spiro atoms. The van der Waals surface area contributed by atoms with Gasteiger partial charge >= 0.3 is 0 Å². The molecular formula is C28H33NO3. The van der Waals surface area contributed by atoms with E-state index in [9.17, 15) is 5.11 Å². The summed E-state index contributed by atoms with van der Waals surface area (Å²) in [6.07, 6.45) is 3.61. The number of methoxy groups -OCH3 is 1. The summed E-state index contributed by atoms with van der Waals surface area (Å²) in [6.45, 7) is 0.797. The number of ether oxygens (including phenoxy) is 2. The minimum Gasteiger partial charge on any atom is -0.497 e. The van der Waals surface area contributed by atoms with Gasteiger partial charge < -0.3 is 19.9 Å². The third-order valence-electron chi connectivity index (χ3n) is 6.27. The van der Waals surface area contributed by atoms with Crippen molar-refractivity contribution in [3.63, 3.8) is 0 Å². The van der Waals surface area contributed by atoms with Crippen molar-refractivity contribution in [1.29, 1.82) is 0 Å². The maximum absolute atomic E-state index is 10.4. The highest BCUT2D eigenvalue weighted by atomic mass is 16.5. The van der Waals surface area contributed by atoms with Crippen LogP contribution in [0.1, 0.15) is 35.4 Å². The van der Waals surface area contributed by atoms with Crippen LogP contribution >= 0.6 is 0 Å². The van der Waals surface area contributed by atoms with E-state index in [4.69, 9.17) is 9.47 Å². The number of rotatable bonds is 9. The molecule has 0 radical (unpaired) electrons. The highest BCUT2D eigenvalue weighted by Crippen LogP contribution is 2.35. The van der Waals surface area contributed by atoms with Crippen LogP contribution in [-0.4, -0.2) is 37.5 Å². The second-order valence-electron chi connectivity index (χ2n) is 8.62. The Morgan fingerprint density at radius 1 is 0.938 bits per heavy atom. The molecule has 2 N–H and O–H groups in total. The van der Waals surface area contributed by atoms with Gasteiger partial charge in [0.1, 0.15) is 24.2 Å². The monoisotopic (exact) mass is 431 g/mol. The molecule has 0 heterocycles. The fraction of sp³-hybridized carbons (Fsp3) is 0.357. The summed E-state index contributed by atoms with van der Waals surface area (Å²) in [4.78, 5) is 0. The van der Waals surface area contributed by atoms with Gasteiger partial charge in [0.2, 0.25) is 0 Å². The topological polar surface area (TPSA) is 50.7 Å². The summed E-state index contributed by atoms with van der Waals surface area (Å²) < 4.78 is 11.2. The Balaban J connectivity index is 1.39. The quantitative estimate of drug-likeness (QED) is 0.480. The average Bonchev–Trinajstić information content (AvgIpc) is 3.01. The van der Waals surface area contributed by atoms with Crippen molar-refractivity contribution in [2.45, 2.75) is 43.7 Å². The lowest BCUT2D eigenvalue weighted by molar-refractivity contribution is 0.103. The summed E-state index contributed by atoms with van der Waals surface area (Å²) in [6, 6.07) is 27.2. The first-order valence-electron chi connectivity index (χ1n) is 11.5. The molecule has 0 fully saturated rings. The van der Waals surface area contributed by atoms with E-state index in [0.717, 1.165) is 37.2 Å². The Hall–Kier alpha value is -2.82. The van der Waals surface area contributed by atoms with Gasteiger partial charge in [-0.25, -0.2) is 0 Å². The van der Waals surface area contributed by atoms with Crippen LogP contribution in [0.5, 0.6) is 11.5 Å². The van der Waals surface area contributed by atoms with E-state index < -0.39 is 6.10 Å². The minimum atomic E-state index is -0.552. The lowest BCUT2D eigenvalue weighted by Crippen LogP contribution is -2.39. The number of fused-ring (bicyclic) bond motifs is 1. The maximum Gasteiger partial charge on any atom is 0.119 e. The molecule has 0 saturated heterocycles. The van der Waals surface area contributed by atoms with Gasteiger partial charge in [-0.3, -0.25) is 0 Å². The Morgan fingerprint density at radius 3 is 2.44 bits per heavy atom. The number of hydrogen-bond donors (Lipinski definition) is 2. The van der Waals surface area contributed by atoms with Gasteiger partial charge in [-0.05, 0) is 72.6 Å². The van der Waals surface area contributed by atoms with Crippen molar-refractivity contribution in [3.8, 4) is 11.5 Å². The molecule has 168 valence electrons. The molecule has 4 nitrogen and oxygen atoms in total. The van der Waals surface area contributed by atoms with Crippen LogP contribution in [0.4, 0.5) is 0 Å². The molecule has 3 aromatic rings. The van der Waals surface area contributed by atoms with Gasteiger partial charge in [-0.1, -0.05) is 54.6 Å². The van der Waals surface area contributed by atoms with Gasteiger partial charge in [-0.2, -0.15) is 0 Å². The second-order valence-corrected chi connectivity index (χ2v) is 8.62. The molecule has 0 saturated carbocycles. The fourth-order valence-corrected chi connectivity index (χ4v) is 4.57. The zero-order chi connectivity index (χ0) is 22.2. The first kappa shape index (κ1) is 22.4. The molecule has 3 atom stereocenters. The van der Waals surface area contributed by atoms with Crippen LogP contribution < -0.4 is 14.8 Å². The van der Waals surface area contributed by atoms with E-state index in [-0.39, 0.29) is 6.61 Å². The van der Waals surface area contributed by atoms with Crippen LogP contribution in [0.3, 0.4) is 0 Å². The third kappa shape index (κ3) is 6.12. The molecule has 32 heavy (non-hydrogen) atoms. The smallest absolute Gasteiger partial charge is 0.119 e. The van der Waals surface area contributed by atoms with Crippen LogP contribution in [0, 0.1) is 0 Å². The van der Waals surface area contributed by atoms with E-state index >= 15 is 0 Å². The minimum absolute atomic E-state index is 0.283. The molecule has 2 unspecified atom stereocenters. The second kappa shape index (κ2) is 11.2. The summed E-state index contributed by atoms with van der Waals surface area (Å²) in [5.74, 6) is 2.17. The normalized spacial score (nSPS) is 18.9. The van der Waals surface area contributed by atoms with Crippen molar-refractivity contribution in [1.82, 2.24) is 5.32 Å². The zero-order valence-corrected chi connectivity index (χ0v) is 18.7. The zero-order valence-electron chi connectivity index (χ0n) is 18.7. The van der Waals surface area contributed by atoms with Gasteiger partial charge in [-0.15, -0.1) is 0 Å². The van der Waals surface area contributed by atoms with Gasteiger partial charge in [0, 0.05) is 12.6 Å². The molecular weight excluding hydrogens is 398 g/mol. The van der Waals surface area contributed by atoms with E-state index in [2.05, 4.69) is 53.8 Å². The Bertz CT molecular complexity index is 961. The molecule has 1 aliphatic rings. The Morgan fingerprint density at radius 2 is 1.69 bits per heavy atom. The first-order valence-corrected chi connectivity index (χ1v) is 11.5. The van der Waals surface area contributed by atoms with Crippen molar-refractivity contribution >= 4 is 0 Å². The fourth-order valence-electron chi connectivity index (χ4n) is 4.57. The van der Waals surface area contributed by atoms with E-state index in [0.29, 0.717) is 18.5 Å². The summed E-state index contributed by atoms with van der Waals surface area (Å²) in [5, 5.41) is 14.0. The molecule has 0 amide bonds. The largest absolute Gasteiger partial charge is 0.497 e. The molecule has 0 aromatic heterocycles. The number of para-hydroxylation sites is 1. The van der Waals surface area contributed by atoms with Crippen molar-refractivity contribution in [2.75, 3.05) is 20.3 Å². The molecule has 4 rings (SSSR count). The van der Waals surface area contributed by atoms with Gasteiger partial charge in [0.15, 0.2) is 0 Å². The van der Waals surface area contributed by atoms with Crippen molar-refractivity contribution in [2.24, 2.45) is 0 Å². The lowest BCUT2D eigenvalue weighted by atomic mass is 9.87. The lowest BCUT2D eigenvalue weighted by Gasteiger charge is -2.20. The summed E-state index contributed by atoms with van der Waals surface area (Å²) >= 11 is 0. The number of aliphatic hydroxyl groups excluding tert-OH is 1. The summed E-state index contributed by atoms with van der Waals surface area (Å²) in [7, 11) is 1.72. The third-order valence-corrected chi connectivity index (χ3v) is 6.27. The Kier molecular flexibility index (Phi) is 7.81. The summed E-state index contributed by atoms with van der Waals surface area (Å²) in [5.41, 5.74) is 4.14. The predicted molar refractivity (Wildman–Crippen MR) is 129 cm³/mol. The Labute approximate surface area is 191 Å². The standard InChI is InChI=1S/C28H33NO3/c1-31-27-14-15-28-22(16-21-8-4-2-5-9-21)12-13-24(17-23(28)18-27)29-19-25(30)20-32-26-10-6-3-7-11-26/h2-11,14-15,18,22,24-25,29-30H,12-13,16-17,19-20H2,1H3/t22?,24?,25-/m0/s1. The van der Waals surface area contributed by atoms with E-state index in [1.54, 1.807) is 7.11 Å². The average molecular weight is 432 g/mol. The van der Waals surface area contributed by atoms with Crippen molar-refractivity contribution in [3.05, 3.63) is 95.6 Å². The molecule has 3 aromatic carbocycles. The van der Waals surface area contributed by atoms with Crippen LogP contribution in [0.2, 0.25) is 0 Å². The predicted octanol–water partition coefficient (Wildman–Crippen LogP) is 4.76. The highest BCUT2D eigenvalue weighted by molar-refractivity contribution is 5.40. The van der Waals surface area contributed by atoms with E-state index in [1.165, 1.54) is 16.7 Å².